The Labute approximate surface area is 129 Å². The second kappa shape index (κ2) is 8.52. The number of nitrogens with zero attached hydrogens (tertiary/aromatic N) is 1. The summed E-state index contributed by atoms with van der Waals surface area (Å²) in [4.78, 5) is 2.50. The molecule has 0 unspecified atom stereocenters. The quantitative estimate of drug-likeness (QED) is 0.836. The van der Waals surface area contributed by atoms with Crippen molar-refractivity contribution in [2.24, 2.45) is 0 Å². The van der Waals surface area contributed by atoms with E-state index in [1.165, 1.54) is 11.1 Å². The van der Waals surface area contributed by atoms with Gasteiger partial charge in [-0.2, -0.15) is 0 Å². The van der Waals surface area contributed by atoms with Gasteiger partial charge >= 0.3 is 0 Å². The minimum Gasteiger partial charge on any atom is -0.381 e. The first kappa shape index (κ1) is 16.5. The third-order valence-corrected chi connectivity index (χ3v) is 4.30. The fourth-order valence-corrected chi connectivity index (χ4v) is 2.97. The van der Waals surface area contributed by atoms with Crippen molar-refractivity contribution in [3.63, 3.8) is 0 Å². The lowest BCUT2D eigenvalue weighted by atomic mass is 10.0. The van der Waals surface area contributed by atoms with E-state index in [1.54, 1.807) is 0 Å². The molecule has 2 rings (SSSR count). The highest BCUT2D eigenvalue weighted by Gasteiger charge is 2.19. The molecule has 0 aliphatic carbocycles. The zero-order chi connectivity index (χ0) is 15.1. The summed E-state index contributed by atoms with van der Waals surface area (Å²) in [7, 11) is 2.25. The van der Waals surface area contributed by atoms with Crippen LogP contribution in [-0.2, 0) is 17.7 Å². The Morgan fingerprint density at radius 2 is 1.86 bits per heavy atom. The van der Waals surface area contributed by atoms with E-state index in [1.807, 2.05) is 0 Å². The smallest absolute Gasteiger partial charge is 0.0480 e. The molecule has 3 nitrogen and oxygen atoms in total. The lowest BCUT2D eigenvalue weighted by Gasteiger charge is -2.31. The molecule has 1 aliphatic heterocycles. The van der Waals surface area contributed by atoms with Crippen LogP contribution >= 0.6 is 0 Å². The molecule has 0 aromatic heterocycles. The SMILES string of the molecule is CC(C)NCCc1ccccc1CN(C)C1CCOCC1. The maximum absolute atomic E-state index is 5.46. The van der Waals surface area contributed by atoms with Crippen LogP contribution < -0.4 is 5.32 Å². The van der Waals surface area contributed by atoms with E-state index in [2.05, 4.69) is 55.4 Å². The molecule has 0 amide bonds. The van der Waals surface area contributed by atoms with Gasteiger partial charge in [0.15, 0.2) is 0 Å². The molecule has 0 saturated carbocycles. The van der Waals surface area contributed by atoms with E-state index >= 15 is 0 Å². The van der Waals surface area contributed by atoms with Gasteiger partial charge < -0.3 is 10.1 Å². The molecule has 21 heavy (non-hydrogen) atoms. The van der Waals surface area contributed by atoms with Crippen LogP contribution in [-0.4, -0.2) is 43.8 Å². The Balaban J connectivity index is 1.92. The first-order valence-corrected chi connectivity index (χ1v) is 8.25. The zero-order valence-electron chi connectivity index (χ0n) is 13.8. The molecule has 3 heteroatoms. The topological polar surface area (TPSA) is 24.5 Å². The Kier molecular flexibility index (Phi) is 6.68. The molecule has 1 fully saturated rings. The van der Waals surface area contributed by atoms with Crippen molar-refractivity contribution in [1.29, 1.82) is 0 Å². The van der Waals surface area contributed by atoms with E-state index < -0.39 is 0 Å². The van der Waals surface area contributed by atoms with Gasteiger partial charge in [-0.3, -0.25) is 4.90 Å². The third kappa shape index (κ3) is 5.42. The summed E-state index contributed by atoms with van der Waals surface area (Å²) < 4.78 is 5.46. The summed E-state index contributed by atoms with van der Waals surface area (Å²) in [5.41, 5.74) is 2.95. The Morgan fingerprint density at radius 3 is 2.52 bits per heavy atom. The van der Waals surface area contributed by atoms with E-state index in [0.29, 0.717) is 12.1 Å². The van der Waals surface area contributed by atoms with Crippen molar-refractivity contribution < 1.29 is 4.74 Å². The number of hydrogen-bond acceptors (Lipinski definition) is 3. The van der Waals surface area contributed by atoms with Crippen LogP contribution in [0.3, 0.4) is 0 Å². The van der Waals surface area contributed by atoms with Gasteiger partial charge in [-0.15, -0.1) is 0 Å². The first-order chi connectivity index (χ1) is 10.2. The van der Waals surface area contributed by atoms with E-state index in [0.717, 1.165) is 45.6 Å². The molecular weight excluding hydrogens is 260 g/mol. The van der Waals surface area contributed by atoms with Crippen LogP contribution in [0.25, 0.3) is 0 Å². The van der Waals surface area contributed by atoms with Crippen LogP contribution in [0, 0.1) is 0 Å². The van der Waals surface area contributed by atoms with Gasteiger partial charge in [0.25, 0.3) is 0 Å². The largest absolute Gasteiger partial charge is 0.381 e. The lowest BCUT2D eigenvalue weighted by molar-refractivity contribution is 0.0406. The van der Waals surface area contributed by atoms with E-state index in [-0.39, 0.29) is 0 Å². The predicted molar refractivity (Wildman–Crippen MR) is 88.6 cm³/mol. The van der Waals surface area contributed by atoms with E-state index in [4.69, 9.17) is 4.74 Å². The van der Waals surface area contributed by atoms with Gasteiger partial charge in [-0.1, -0.05) is 38.1 Å². The second-order valence-electron chi connectivity index (χ2n) is 6.39. The summed E-state index contributed by atoms with van der Waals surface area (Å²) in [5, 5.41) is 3.51. The molecule has 0 atom stereocenters. The van der Waals surface area contributed by atoms with Crippen molar-refractivity contribution in [2.75, 3.05) is 26.8 Å². The maximum atomic E-state index is 5.46. The monoisotopic (exact) mass is 290 g/mol. The highest BCUT2D eigenvalue weighted by Crippen LogP contribution is 2.18. The minimum atomic E-state index is 0.557. The van der Waals surface area contributed by atoms with Gasteiger partial charge in [-0.05, 0) is 44.0 Å². The van der Waals surface area contributed by atoms with Crippen molar-refractivity contribution >= 4 is 0 Å². The molecule has 1 aliphatic rings. The fraction of sp³-hybridized carbons (Fsp3) is 0.667. The standard InChI is InChI=1S/C18H30N2O/c1-15(2)19-11-8-16-6-4-5-7-17(16)14-20(3)18-9-12-21-13-10-18/h4-7,15,18-19H,8-14H2,1-3H3. The Morgan fingerprint density at radius 1 is 1.19 bits per heavy atom. The predicted octanol–water partition coefficient (Wildman–Crippen LogP) is 2.84. The third-order valence-electron chi connectivity index (χ3n) is 4.30. The van der Waals surface area contributed by atoms with Crippen molar-refractivity contribution in [1.82, 2.24) is 10.2 Å². The Bertz CT molecular complexity index is 413. The molecule has 0 spiro atoms. The average molecular weight is 290 g/mol. The molecular formula is C18H30N2O. The molecule has 1 aromatic rings. The van der Waals surface area contributed by atoms with Crippen LogP contribution in [0.5, 0.6) is 0 Å². The fourth-order valence-electron chi connectivity index (χ4n) is 2.97. The number of rotatable bonds is 7. The van der Waals surface area contributed by atoms with Crippen LogP contribution in [0.2, 0.25) is 0 Å². The second-order valence-corrected chi connectivity index (χ2v) is 6.39. The highest BCUT2D eigenvalue weighted by molar-refractivity contribution is 5.27. The maximum Gasteiger partial charge on any atom is 0.0480 e. The van der Waals surface area contributed by atoms with Gasteiger partial charge in [0, 0.05) is 31.8 Å². The number of ether oxygens (including phenoxy) is 1. The number of nitrogens with one attached hydrogen (secondary N) is 1. The molecule has 1 N–H and O–H groups in total. The summed E-state index contributed by atoms with van der Waals surface area (Å²) in [6, 6.07) is 10.1. The molecule has 1 heterocycles. The average Bonchev–Trinajstić information content (AvgIpc) is 2.49. The molecule has 1 aromatic carbocycles. The van der Waals surface area contributed by atoms with Crippen molar-refractivity contribution in [2.45, 2.75) is 51.7 Å². The molecule has 0 radical (unpaired) electrons. The van der Waals surface area contributed by atoms with Gasteiger partial charge in [0.1, 0.15) is 0 Å². The highest BCUT2D eigenvalue weighted by atomic mass is 16.5. The van der Waals surface area contributed by atoms with Gasteiger partial charge in [0.2, 0.25) is 0 Å². The normalized spacial score (nSPS) is 16.8. The number of benzene rings is 1. The van der Waals surface area contributed by atoms with Gasteiger partial charge in [0.05, 0.1) is 0 Å². The summed E-state index contributed by atoms with van der Waals surface area (Å²) in [6.45, 7) is 8.32. The summed E-state index contributed by atoms with van der Waals surface area (Å²) >= 11 is 0. The van der Waals surface area contributed by atoms with Crippen LogP contribution in [0.15, 0.2) is 24.3 Å². The molecule has 0 bridgehead atoms. The Hall–Kier alpha value is -0.900. The van der Waals surface area contributed by atoms with Crippen LogP contribution in [0.1, 0.15) is 37.8 Å². The summed E-state index contributed by atoms with van der Waals surface area (Å²) in [5.74, 6) is 0. The molecule has 118 valence electrons. The van der Waals surface area contributed by atoms with E-state index in [9.17, 15) is 0 Å². The summed E-state index contributed by atoms with van der Waals surface area (Å²) in [6.07, 6.45) is 3.43. The zero-order valence-corrected chi connectivity index (χ0v) is 13.8. The lowest BCUT2D eigenvalue weighted by Crippen LogP contribution is -2.36. The van der Waals surface area contributed by atoms with Crippen LogP contribution in [0.4, 0.5) is 0 Å². The van der Waals surface area contributed by atoms with Crippen molar-refractivity contribution in [3.8, 4) is 0 Å². The molecule has 1 saturated heterocycles. The minimum absolute atomic E-state index is 0.557. The van der Waals surface area contributed by atoms with Crippen molar-refractivity contribution in [3.05, 3.63) is 35.4 Å². The number of hydrogen-bond donors (Lipinski definition) is 1. The first-order valence-electron chi connectivity index (χ1n) is 8.25. The van der Waals surface area contributed by atoms with Gasteiger partial charge in [-0.25, -0.2) is 0 Å².